The van der Waals surface area contributed by atoms with Crippen LogP contribution in [0.4, 0.5) is 0 Å². The first-order chi connectivity index (χ1) is 9.07. The van der Waals surface area contributed by atoms with E-state index < -0.39 is 9.84 Å². The molecule has 2 rings (SSSR count). The van der Waals surface area contributed by atoms with Crippen LogP contribution in [0.15, 0.2) is 58.3 Å². The normalized spacial score (nSPS) is 10.9. The first kappa shape index (κ1) is 13.2. The topological polar surface area (TPSA) is 68.3 Å². The minimum absolute atomic E-state index is 0.0518. The molecule has 96 valence electrons. The van der Waals surface area contributed by atoms with Gasteiger partial charge in [-0.15, -0.1) is 0 Å². The van der Waals surface area contributed by atoms with Crippen LogP contribution in [0.5, 0.6) is 0 Å². The maximum Gasteiger partial charge on any atom is 0.206 e. The molecule has 0 fully saturated rings. The lowest BCUT2D eigenvalue weighted by Crippen LogP contribution is -2.02. The SMILES string of the molecule is O=Cc1ccc(S(=O)(=O)c2cccc(C=O)c2)cc1. The van der Waals surface area contributed by atoms with Crippen molar-refractivity contribution in [2.24, 2.45) is 0 Å². The van der Waals surface area contributed by atoms with Gasteiger partial charge in [0.15, 0.2) is 0 Å². The standard InChI is InChI=1S/C14H10O4S/c15-9-11-4-6-13(7-5-11)19(17,18)14-3-1-2-12(8-14)10-16/h1-10H. The second kappa shape index (κ2) is 5.16. The number of aldehydes is 2. The van der Waals surface area contributed by atoms with Crippen molar-refractivity contribution in [3.8, 4) is 0 Å². The van der Waals surface area contributed by atoms with Crippen molar-refractivity contribution in [3.05, 3.63) is 59.7 Å². The van der Waals surface area contributed by atoms with Gasteiger partial charge in [-0.25, -0.2) is 8.42 Å². The van der Waals surface area contributed by atoms with Gasteiger partial charge in [-0.2, -0.15) is 0 Å². The van der Waals surface area contributed by atoms with Gasteiger partial charge in [0.25, 0.3) is 0 Å². The van der Waals surface area contributed by atoms with Crippen LogP contribution < -0.4 is 0 Å². The number of carbonyl (C=O) groups excluding carboxylic acids is 2. The van der Waals surface area contributed by atoms with E-state index in [-0.39, 0.29) is 9.79 Å². The van der Waals surface area contributed by atoms with Gasteiger partial charge in [0, 0.05) is 11.1 Å². The second-order valence-corrected chi connectivity index (χ2v) is 5.83. The molecule has 0 radical (unpaired) electrons. The molecule has 0 spiro atoms. The Labute approximate surface area is 110 Å². The molecule has 0 N–H and O–H groups in total. The van der Waals surface area contributed by atoms with Gasteiger partial charge >= 0.3 is 0 Å². The average Bonchev–Trinajstić information content (AvgIpc) is 2.47. The Morgan fingerprint density at radius 2 is 1.37 bits per heavy atom. The van der Waals surface area contributed by atoms with E-state index in [2.05, 4.69) is 0 Å². The highest BCUT2D eigenvalue weighted by atomic mass is 32.2. The maximum absolute atomic E-state index is 12.3. The molecule has 2 aromatic rings. The van der Waals surface area contributed by atoms with Crippen LogP contribution in [0.2, 0.25) is 0 Å². The molecular formula is C14H10O4S. The third-order valence-electron chi connectivity index (χ3n) is 2.63. The number of hydrogen-bond acceptors (Lipinski definition) is 4. The molecule has 0 saturated carbocycles. The van der Waals surface area contributed by atoms with E-state index in [4.69, 9.17) is 0 Å². The quantitative estimate of drug-likeness (QED) is 0.801. The van der Waals surface area contributed by atoms with E-state index >= 15 is 0 Å². The van der Waals surface area contributed by atoms with Crippen LogP contribution >= 0.6 is 0 Å². The summed E-state index contributed by atoms with van der Waals surface area (Å²) in [6.07, 6.45) is 1.23. The van der Waals surface area contributed by atoms with Crippen LogP contribution in [-0.2, 0) is 9.84 Å². The van der Waals surface area contributed by atoms with Crippen molar-refractivity contribution in [3.63, 3.8) is 0 Å². The highest BCUT2D eigenvalue weighted by Crippen LogP contribution is 2.21. The molecule has 0 aliphatic rings. The van der Waals surface area contributed by atoms with Gasteiger partial charge in [0.2, 0.25) is 9.84 Å². The van der Waals surface area contributed by atoms with Crippen molar-refractivity contribution < 1.29 is 18.0 Å². The van der Waals surface area contributed by atoms with Crippen LogP contribution in [-0.4, -0.2) is 21.0 Å². The van der Waals surface area contributed by atoms with Gasteiger partial charge in [-0.3, -0.25) is 9.59 Å². The molecule has 0 amide bonds. The number of carbonyl (C=O) groups is 2. The Morgan fingerprint density at radius 1 is 0.737 bits per heavy atom. The van der Waals surface area contributed by atoms with Gasteiger partial charge in [-0.1, -0.05) is 24.3 Å². The van der Waals surface area contributed by atoms with Gasteiger partial charge in [0.05, 0.1) is 9.79 Å². The Balaban J connectivity index is 2.51. The number of sulfone groups is 1. The minimum atomic E-state index is -3.67. The summed E-state index contributed by atoms with van der Waals surface area (Å²) < 4.78 is 24.6. The number of hydrogen-bond donors (Lipinski definition) is 0. The molecule has 5 heteroatoms. The van der Waals surface area contributed by atoms with E-state index in [0.717, 1.165) is 0 Å². The fourth-order valence-corrected chi connectivity index (χ4v) is 2.93. The van der Waals surface area contributed by atoms with E-state index in [1.165, 1.54) is 48.5 Å². The Hall–Kier alpha value is -2.27. The minimum Gasteiger partial charge on any atom is -0.298 e. The van der Waals surface area contributed by atoms with Crippen LogP contribution in [0.1, 0.15) is 20.7 Å². The van der Waals surface area contributed by atoms with Crippen molar-refractivity contribution in [2.45, 2.75) is 9.79 Å². The predicted octanol–water partition coefficient (Wildman–Crippen LogP) is 2.14. The van der Waals surface area contributed by atoms with Crippen molar-refractivity contribution in [2.75, 3.05) is 0 Å². The summed E-state index contributed by atoms with van der Waals surface area (Å²) in [5, 5.41) is 0. The Morgan fingerprint density at radius 3 is 1.95 bits per heavy atom. The molecule has 0 heterocycles. The summed E-state index contributed by atoms with van der Waals surface area (Å²) in [6.45, 7) is 0. The van der Waals surface area contributed by atoms with Gasteiger partial charge in [-0.05, 0) is 24.3 Å². The third-order valence-corrected chi connectivity index (χ3v) is 4.40. The first-order valence-corrected chi connectivity index (χ1v) is 6.92. The number of benzene rings is 2. The number of rotatable bonds is 4. The van der Waals surface area contributed by atoms with E-state index in [1.807, 2.05) is 0 Å². The van der Waals surface area contributed by atoms with Crippen molar-refractivity contribution in [1.82, 2.24) is 0 Å². The summed E-state index contributed by atoms with van der Waals surface area (Å²) in [6, 6.07) is 11.4. The van der Waals surface area contributed by atoms with Crippen molar-refractivity contribution >= 4 is 22.4 Å². The zero-order valence-corrected chi connectivity index (χ0v) is 10.6. The molecule has 0 saturated heterocycles. The molecule has 4 nitrogen and oxygen atoms in total. The smallest absolute Gasteiger partial charge is 0.206 e. The largest absolute Gasteiger partial charge is 0.298 e. The molecule has 0 aromatic heterocycles. The van der Waals surface area contributed by atoms with Crippen LogP contribution in [0, 0.1) is 0 Å². The first-order valence-electron chi connectivity index (χ1n) is 5.43. The van der Waals surface area contributed by atoms with Gasteiger partial charge in [0.1, 0.15) is 12.6 Å². The maximum atomic E-state index is 12.3. The second-order valence-electron chi connectivity index (χ2n) is 3.88. The summed E-state index contributed by atoms with van der Waals surface area (Å²) in [5.41, 5.74) is 0.700. The highest BCUT2D eigenvalue weighted by molar-refractivity contribution is 7.91. The molecule has 0 aliphatic heterocycles. The van der Waals surface area contributed by atoms with E-state index in [0.29, 0.717) is 23.7 Å². The van der Waals surface area contributed by atoms with Crippen LogP contribution in [0.25, 0.3) is 0 Å². The lowest BCUT2D eigenvalue weighted by atomic mass is 10.2. The summed E-state index contributed by atoms with van der Waals surface area (Å²) in [5.74, 6) is 0. The fourth-order valence-electron chi connectivity index (χ4n) is 1.62. The molecular weight excluding hydrogens is 264 g/mol. The zero-order valence-electron chi connectivity index (χ0n) is 9.81. The fraction of sp³-hybridized carbons (Fsp3) is 0. The molecule has 19 heavy (non-hydrogen) atoms. The van der Waals surface area contributed by atoms with E-state index in [1.54, 1.807) is 0 Å². The molecule has 0 aliphatic carbocycles. The van der Waals surface area contributed by atoms with Crippen LogP contribution in [0.3, 0.4) is 0 Å². The molecule has 0 unspecified atom stereocenters. The Bertz CT molecular complexity index is 715. The highest BCUT2D eigenvalue weighted by Gasteiger charge is 2.17. The lowest BCUT2D eigenvalue weighted by Gasteiger charge is -2.05. The summed E-state index contributed by atoms with van der Waals surface area (Å²) >= 11 is 0. The summed E-state index contributed by atoms with van der Waals surface area (Å²) in [7, 11) is -3.67. The van der Waals surface area contributed by atoms with Gasteiger partial charge < -0.3 is 0 Å². The monoisotopic (exact) mass is 274 g/mol. The third kappa shape index (κ3) is 2.61. The zero-order chi connectivity index (χ0) is 13.9. The molecule has 2 aromatic carbocycles. The summed E-state index contributed by atoms with van der Waals surface area (Å²) in [4.78, 5) is 21.3. The van der Waals surface area contributed by atoms with E-state index in [9.17, 15) is 18.0 Å². The Kier molecular flexibility index (Phi) is 3.57. The van der Waals surface area contributed by atoms with Crippen molar-refractivity contribution in [1.29, 1.82) is 0 Å². The predicted molar refractivity (Wildman–Crippen MR) is 69.1 cm³/mol. The molecule has 0 bridgehead atoms. The lowest BCUT2D eigenvalue weighted by molar-refractivity contribution is 0.111. The average molecular weight is 274 g/mol. The molecule has 0 atom stereocenters.